The Morgan fingerprint density at radius 3 is 2.37 bits per heavy atom. The molecule has 146 valence electrons. The third-order valence-corrected chi connectivity index (χ3v) is 6.67. The summed E-state index contributed by atoms with van der Waals surface area (Å²) in [7, 11) is -3.44. The summed E-state index contributed by atoms with van der Waals surface area (Å²) in [6, 6.07) is 16.0. The van der Waals surface area contributed by atoms with Crippen LogP contribution in [0, 0.1) is 13.8 Å². The molecule has 1 N–H and O–H groups in total. The predicted octanol–water partition coefficient (Wildman–Crippen LogP) is 2.79. The van der Waals surface area contributed by atoms with E-state index in [0.717, 1.165) is 50.3 Å². The Morgan fingerprint density at radius 2 is 1.67 bits per heavy atom. The van der Waals surface area contributed by atoms with E-state index in [1.54, 1.807) is 6.07 Å². The van der Waals surface area contributed by atoms with E-state index in [1.807, 2.05) is 32.0 Å². The van der Waals surface area contributed by atoms with Crippen LogP contribution in [0.2, 0.25) is 0 Å². The number of rotatable bonds is 7. The highest BCUT2D eigenvalue weighted by Gasteiger charge is 2.18. The van der Waals surface area contributed by atoms with Crippen molar-refractivity contribution in [1.82, 2.24) is 9.62 Å². The van der Waals surface area contributed by atoms with Gasteiger partial charge in [0.25, 0.3) is 0 Å². The minimum Gasteiger partial charge on any atom is -0.369 e. The molecular formula is C21H29N3O2S. The van der Waals surface area contributed by atoms with Crippen LogP contribution in [-0.2, 0) is 10.0 Å². The maximum absolute atomic E-state index is 12.5. The van der Waals surface area contributed by atoms with Gasteiger partial charge in [0.1, 0.15) is 0 Å². The quantitative estimate of drug-likeness (QED) is 0.743. The lowest BCUT2D eigenvalue weighted by Gasteiger charge is -2.36. The smallest absolute Gasteiger partial charge is 0.240 e. The highest BCUT2D eigenvalue weighted by molar-refractivity contribution is 7.89. The van der Waals surface area contributed by atoms with Crippen LogP contribution in [-0.4, -0.2) is 52.6 Å². The van der Waals surface area contributed by atoms with Crippen molar-refractivity contribution < 1.29 is 8.42 Å². The summed E-state index contributed by atoms with van der Waals surface area (Å²) in [6.45, 7) is 9.17. The third-order valence-electron chi connectivity index (χ3n) is 5.07. The molecule has 1 saturated heterocycles. The van der Waals surface area contributed by atoms with Crippen LogP contribution in [0.4, 0.5) is 5.69 Å². The molecule has 0 radical (unpaired) electrons. The van der Waals surface area contributed by atoms with Gasteiger partial charge >= 0.3 is 0 Å². The normalized spacial score (nSPS) is 15.9. The van der Waals surface area contributed by atoms with Crippen LogP contribution in [0.1, 0.15) is 17.5 Å². The largest absolute Gasteiger partial charge is 0.369 e. The molecule has 2 aromatic rings. The summed E-state index contributed by atoms with van der Waals surface area (Å²) in [5.74, 6) is 0. The first-order valence-electron chi connectivity index (χ1n) is 9.55. The number of nitrogens with one attached hydrogen (secondary N) is 1. The average Bonchev–Trinajstić information content (AvgIpc) is 2.68. The van der Waals surface area contributed by atoms with Crippen molar-refractivity contribution in [3.63, 3.8) is 0 Å². The molecule has 0 aromatic heterocycles. The van der Waals surface area contributed by atoms with E-state index < -0.39 is 10.0 Å². The molecule has 6 heteroatoms. The highest BCUT2D eigenvalue weighted by Crippen LogP contribution is 2.17. The fraction of sp³-hybridized carbons (Fsp3) is 0.429. The van der Waals surface area contributed by atoms with Crippen LogP contribution in [0.3, 0.4) is 0 Å². The number of nitrogens with zero attached hydrogens (tertiary/aromatic N) is 2. The molecule has 5 nitrogen and oxygen atoms in total. The van der Waals surface area contributed by atoms with Crippen LogP contribution in [0.15, 0.2) is 53.4 Å². The fourth-order valence-electron chi connectivity index (χ4n) is 3.45. The molecule has 27 heavy (non-hydrogen) atoms. The Kier molecular flexibility index (Phi) is 6.52. The van der Waals surface area contributed by atoms with Gasteiger partial charge in [-0.3, -0.25) is 4.90 Å². The minimum absolute atomic E-state index is 0.388. The highest BCUT2D eigenvalue weighted by atomic mass is 32.2. The maximum Gasteiger partial charge on any atom is 0.240 e. The van der Waals surface area contributed by atoms with Gasteiger partial charge in [-0.15, -0.1) is 0 Å². The molecule has 0 bridgehead atoms. The first-order chi connectivity index (χ1) is 13.0. The molecule has 0 saturated carbocycles. The number of sulfonamides is 1. The van der Waals surface area contributed by atoms with E-state index in [-0.39, 0.29) is 0 Å². The number of benzene rings is 2. The van der Waals surface area contributed by atoms with Gasteiger partial charge in [0, 0.05) is 38.4 Å². The molecule has 2 aromatic carbocycles. The maximum atomic E-state index is 12.5. The lowest BCUT2D eigenvalue weighted by molar-refractivity contribution is 0.255. The van der Waals surface area contributed by atoms with E-state index in [2.05, 4.69) is 38.8 Å². The topological polar surface area (TPSA) is 52.7 Å². The molecule has 3 rings (SSSR count). The SMILES string of the molecule is Cc1ccc(C)c(S(=O)(=O)NCCCN2CCN(c3ccccc3)CC2)c1. The Labute approximate surface area is 163 Å². The number of para-hydroxylation sites is 1. The molecule has 0 unspecified atom stereocenters. The van der Waals surface area contributed by atoms with Gasteiger partial charge in [-0.1, -0.05) is 30.3 Å². The van der Waals surface area contributed by atoms with E-state index in [4.69, 9.17) is 0 Å². The van der Waals surface area contributed by atoms with Crippen molar-refractivity contribution in [3.8, 4) is 0 Å². The Balaban J connectivity index is 1.42. The summed E-state index contributed by atoms with van der Waals surface area (Å²) < 4.78 is 27.8. The molecule has 0 atom stereocenters. The predicted molar refractivity (Wildman–Crippen MR) is 111 cm³/mol. The van der Waals surface area contributed by atoms with Gasteiger partial charge in [0.05, 0.1) is 4.90 Å². The summed E-state index contributed by atoms with van der Waals surface area (Å²) >= 11 is 0. The van der Waals surface area contributed by atoms with Crippen LogP contribution in [0.25, 0.3) is 0 Å². The van der Waals surface area contributed by atoms with Crippen molar-refractivity contribution in [2.75, 3.05) is 44.2 Å². The van der Waals surface area contributed by atoms with Crippen LogP contribution >= 0.6 is 0 Å². The van der Waals surface area contributed by atoms with Gasteiger partial charge in [-0.05, 0) is 56.1 Å². The summed E-state index contributed by atoms with van der Waals surface area (Å²) in [4.78, 5) is 5.20. The van der Waals surface area contributed by atoms with Gasteiger partial charge in [0.2, 0.25) is 10.0 Å². The van der Waals surface area contributed by atoms with Crippen LogP contribution in [0.5, 0.6) is 0 Å². The minimum atomic E-state index is -3.44. The average molecular weight is 388 g/mol. The van der Waals surface area contributed by atoms with E-state index >= 15 is 0 Å². The molecule has 0 spiro atoms. The molecule has 1 fully saturated rings. The zero-order valence-electron chi connectivity index (χ0n) is 16.2. The van der Waals surface area contributed by atoms with Crippen molar-refractivity contribution in [2.24, 2.45) is 0 Å². The second-order valence-electron chi connectivity index (χ2n) is 7.18. The van der Waals surface area contributed by atoms with Gasteiger partial charge < -0.3 is 4.90 Å². The molecule has 1 aliphatic rings. The third kappa shape index (κ3) is 5.31. The van der Waals surface area contributed by atoms with Gasteiger partial charge in [-0.2, -0.15) is 0 Å². The van der Waals surface area contributed by atoms with Crippen LogP contribution < -0.4 is 9.62 Å². The first kappa shape index (κ1) is 19.9. The van der Waals surface area contributed by atoms with Crippen molar-refractivity contribution in [2.45, 2.75) is 25.2 Å². The van der Waals surface area contributed by atoms with Gasteiger partial charge in [0.15, 0.2) is 0 Å². The number of piperazine rings is 1. The summed E-state index contributed by atoms with van der Waals surface area (Å²) in [5.41, 5.74) is 3.01. The fourth-order valence-corrected chi connectivity index (χ4v) is 4.85. The van der Waals surface area contributed by atoms with E-state index in [9.17, 15) is 8.42 Å². The Morgan fingerprint density at radius 1 is 0.963 bits per heavy atom. The molecule has 1 heterocycles. The van der Waals surface area contributed by atoms with Crippen molar-refractivity contribution in [3.05, 3.63) is 59.7 Å². The zero-order chi connectivity index (χ0) is 19.3. The monoisotopic (exact) mass is 387 g/mol. The zero-order valence-corrected chi connectivity index (χ0v) is 17.0. The Bertz CT molecular complexity index is 845. The molecule has 1 aliphatic heterocycles. The number of hydrogen-bond acceptors (Lipinski definition) is 4. The number of anilines is 1. The van der Waals surface area contributed by atoms with Crippen molar-refractivity contribution >= 4 is 15.7 Å². The molecular weight excluding hydrogens is 358 g/mol. The lowest BCUT2D eigenvalue weighted by atomic mass is 10.2. The second-order valence-corrected chi connectivity index (χ2v) is 8.92. The number of hydrogen-bond donors (Lipinski definition) is 1. The van der Waals surface area contributed by atoms with E-state index in [0.29, 0.717) is 11.4 Å². The lowest BCUT2D eigenvalue weighted by Crippen LogP contribution is -2.47. The first-order valence-corrected chi connectivity index (χ1v) is 11.0. The summed E-state index contributed by atoms with van der Waals surface area (Å²) in [5, 5.41) is 0. The van der Waals surface area contributed by atoms with Crippen molar-refractivity contribution in [1.29, 1.82) is 0 Å². The molecule has 0 amide bonds. The standard InChI is InChI=1S/C21H29N3O2S/c1-18-9-10-19(2)21(17-18)27(25,26)22-11-6-12-23-13-15-24(16-14-23)20-7-4-3-5-8-20/h3-5,7-10,17,22H,6,11-16H2,1-2H3. The molecule has 0 aliphatic carbocycles. The number of aryl methyl sites for hydroxylation is 2. The second kappa shape index (κ2) is 8.87. The summed E-state index contributed by atoms with van der Waals surface area (Å²) in [6.07, 6.45) is 0.815. The van der Waals surface area contributed by atoms with E-state index in [1.165, 1.54) is 5.69 Å². The van der Waals surface area contributed by atoms with Gasteiger partial charge in [-0.25, -0.2) is 13.1 Å². The Hall–Kier alpha value is -1.89.